The molecule has 2 fully saturated rings. The van der Waals surface area contributed by atoms with Gasteiger partial charge in [0.15, 0.2) is 0 Å². The molecule has 20 heavy (non-hydrogen) atoms. The van der Waals surface area contributed by atoms with Crippen LogP contribution in [0.5, 0.6) is 0 Å². The van der Waals surface area contributed by atoms with Gasteiger partial charge < -0.3 is 4.90 Å². The summed E-state index contributed by atoms with van der Waals surface area (Å²) >= 11 is 0. The van der Waals surface area contributed by atoms with Crippen LogP contribution in [0.3, 0.4) is 0 Å². The number of rotatable bonds is 2. The van der Waals surface area contributed by atoms with E-state index in [4.69, 9.17) is 0 Å². The molecule has 3 rings (SSSR count). The van der Waals surface area contributed by atoms with Crippen molar-refractivity contribution in [1.29, 1.82) is 0 Å². The van der Waals surface area contributed by atoms with Crippen molar-refractivity contribution in [1.82, 2.24) is 4.90 Å². The van der Waals surface area contributed by atoms with Crippen LogP contribution in [0.15, 0.2) is 30.3 Å². The number of nitrogens with zero attached hydrogens (tertiary/aromatic N) is 1. The third-order valence-corrected chi connectivity index (χ3v) is 5.14. The number of likely N-dealkylation sites (tertiary alicyclic amines) is 1. The summed E-state index contributed by atoms with van der Waals surface area (Å²) in [5, 5.41) is 0. The molecule has 1 heterocycles. The van der Waals surface area contributed by atoms with E-state index < -0.39 is 0 Å². The van der Waals surface area contributed by atoms with Gasteiger partial charge in [0.05, 0.1) is 5.41 Å². The smallest absolute Gasteiger partial charge is 0.233 e. The molecule has 1 aromatic rings. The van der Waals surface area contributed by atoms with E-state index in [0.717, 1.165) is 32.4 Å². The van der Waals surface area contributed by atoms with Crippen molar-refractivity contribution in [3.63, 3.8) is 0 Å². The summed E-state index contributed by atoms with van der Waals surface area (Å²) in [6.07, 6.45) is 6.86. The van der Waals surface area contributed by atoms with Crippen molar-refractivity contribution in [2.24, 2.45) is 5.92 Å². The SMILES string of the molecule is C[C@@H]1CCCN(C(=O)C2(c3ccccc3)CCCC2)C1. The monoisotopic (exact) mass is 271 g/mol. The fourth-order valence-electron chi connectivity index (χ4n) is 4.04. The van der Waals surface area contributed by atoms with E-state index in [9.17, 15) is 4.79 Å². The quantitative estimate of drug-likeness (QED) is 0.802. The molecule has 1 atom stereocenters. The second-order valence-corrected chi connectivity index (χ2v) is 6.65. The Labute approximate surface area is 122 Å². The molecule has 0 N–H and O–H groups in total. The Morgan fingerprint density at radius 1 is 1.15 bits per heavy atom. The highest BCUT2D eigenvalue weighted by Gasteiger charge is 2.45. The van der Waals surface area contributed by atoms with Gasteiger partial charge in [-0.2, -0.15) is 0 Å². The zero-order valence-corrected chi connectivity index (χ0v) is 12.5. The first-order valence-corrected chi connectivity index (χ1v) is 8.07. The first-order valence-electron chi connectivity index (χ1n) is 8.07. The van der Waals surface area contributed by atoms with Crippen LogP contribution in [0.2, 0.25) is 0 Å². The van der Waals surface area contributed by atoms with Crippen LogP contribution in [0.1, 0.15) is 51.0 Å². The Balaban J connectivity index is 1.89. The van der Waals surface area contributed by atoms with Crippen molar-refractivity contribution in [3.05, 3.63) is 35.9 Å². The first-order chi connectivity index (χ1) is 9.72. The molecule has 1 aliphatic carbocycles. The maximum atomic E-state index is 13.2. The van der Waals surface area contributed by atoms with E-state index in [1.165, 1.54) is 24.8 Å². The van der Waals surface area contributed by atoms with E-state index in [1.807, 2.05) is 6.07 Å². The summed E-state index contributed by atoms with van der Waals surface area (Å²) in [6.45, 7) is 4.18. The Bertz CT molecular complexity index is 462. The molecule has 2 aliphatic rings. The number of amides is 1. The minimum absolute atomic E-state index is 0.224. The normalized spacial score (nSPS) is 25.6. The van der Waals surface area contributed by atoms with Gasteiger partial charge in [-0.15, -0.1) is 0 Å². The average Bonchev–Trinajstić information content (AvgIpc) is 2.98. The second kappa shape index (κ2) is 5.59. The second-order valence-electron chi connectivity index (χ2n) is 6.65. The molecule has 0 bridgehead atoms. The van der Waals surface area contributed by atoms with Crippen molar-refractivity contribution in [2.75, 3.05) is 13.1 Å². The van der Waals surface area contributed by atoms with Crippen molar-refractivity contribution in [3.8, 4) is 0 Å². The van der Waals surface area contributed by atoms with Gasteiger partial charge in [0, 0.05) is 13.1 Å². The lowest BCUT2D eigenvalue weighted by Gasteiger charge is -2.38. The molecule has 0 radical (unpaired) electrons. The lowest BCUT2D eigenvalue weighted by atomic mass is 9.77. The summed E-state index contributed by atoms with van der Waals surface area (Å²) in [5.74, 6) is 1.05. The highest BCUT2D eigenvalue weighted by molar-refractivity contribution is 5.88. The highest BCUT2D eigenvalue weighted by atomic mass is 16.2. The van der Waals surface area contributed by atoms with Gasteiger partial charge in [0.2, 0.25) is 5.91 Å². The number of carbonyl (C=O) groups excluding carboxylic acids is 1. The van der Waals surface area contributed by atoms with E-state index >= 15 is 0 Å². The molecule has 1 saturated heterocycles. The molecule has 2 nitrogen and oxygen atoms in total. The predicted molar refractivity (Wildman–Crippen MR) is 81.6 cm³/mol. The molecule has 1 amide bonds. The standard InChI is InChI=1S/C18H25NO/c1-15-8-7-13-19(14-15)17(20)18(11-5-6-12-18)16-9-3-2-4-10-16/h2-4,9-10,15H,5-8,11-14H2,1H3/t15-/m1/s1. The van der Waals surface area contributed by atoms with E-state index in [1.54, 1.807) is 0 Å². The van der Waals surface area contributed by atoms with Gasteiger partial charge in [-0.05, 0) is 37.2 Å². The number of hydrogen-bond donors (Lipinski definition) is 0. The van der Waals surface area contributed by atoms with Crippen LogP contribution in [0, 0.1) is 5.92 Å². The van der Waals surface area contributed by atoms with Crippen LogP contribution >= 0.6 is 0 Å². The van der Waals surface area contributed by atoms with Crippen LogP contribution in [0.4, 0.5) is 0 Å². The molecular weight excluding hydrogens is 246 g/mol. The zero-order valence-electron chi connectivity index (χ0n) is 12.5. The molecule has 0 spiro atoms. The van der Waals surface area contributed by atoms with Gasteiger partial charge in [-0.3, -0.25) is 4.79 Å². The molecule has 1 saturated carbocycles. The Morgan fingerprint density at radius 2 is 1.85 bits per heavy atom. The number of benzene rings is 1. The zero-order chi connectivity index (χ0) is 14.0. The maximum Gasteiger partial charge on any atom is 0.233 e. The fourth-order valence-corrected chi connectivity index (χ4v) is 4.04. The van der Waals surface area contributed by atoms with Gasteiger partial charge >= 0.3 is 0 Å². The third-order valence-electron chi connectivity index (χ3n) is 5.14. The van der Waals surface area contributed by atoms with E-state index in [2.05, 4.69) is 36.1 Å². The van der Waals surface area contributed by atoms with Gasteiger partial charge in [0.1, 0.15) is 0 Å². The molecule has 0 aromatic heterocycles. The highest BCUT2D eigenvalue weighted by Crippen LogP contribution is 2.43. The Morgan fingerprint density at radius 3 is 2.50 bits per heavy atom. The topological polar surface area (TPSA) is 20.3 Å². The van der Waals surface area contributed by atoms with Crippen LogP contribution in [-0.4, -0.2) is 23.9 Å². The number of piperidine rings is 1. The summed E-state index contributed by atoms with van der Waals surface area (Å²) in [5.41, 5.74) is 1.01. The average molecular weight is 271 g/mol. The summed E-state index contributed by atoms with van der Waals surface area (Å²) in [6, 6.07) is 10.5. The lowest BCUT2D eigenvalue weighted by molar-refractivity contribution is -0.139. The number of hydrogen-bond acceptors (Lipinski definition) is 1. The number of carbonyl (C=O) groups is 1. The van der Waals surface area contributed by atoms with Crippen molar-refractivity contribution >= 4 is 5.91 Å². The van der Waals surface area contributed by atoms with Gasteiger partial charge in [0.25, 0.3) is 0 Å². The van der Waals surface area contributed by atoms with Crippen LogP contribution < -0.4 is 0 Å². The first kappa shape index (κ1) is 13.7. The third kappa shape index (κ3) is 2.36. The molecule has 2 heteroatoms. The van der Waals surface area contributed by atoms with Gasteiger partial charge in [-0.25, -0.2) is 0 Å². The minimum atomic E-state index is -0.224. The predicted octanol–water partition coefficient (Wildman–Crippen LogP) is 3.76. The lowest BCUT2D eigenvalue weighted by Crippen LogP contribution is -2.49. The fraction of sp³-hybridized carbons (Fsp3) is 0.611. The van der Waals surface area contributed by atoms with Gasteiger partial charge in [-0.1, -0.05) is 50.1 Å². The largest absolute Gasteiger partial charge is 0.342 e. The molecule has 1 aliphatic heterocycles. The van der Waals surface area contributed by atoms with Crippen molar-refractivity contribution < 1.29 is 4.79 Å². The van der Waals surface area contributed by atoms with Crippen LogP contribution in [0.25, 0.3) is 0 Å². The summed E-state index contributed by atoms with van der Waals surface area (Å²) in [4.78, 5) is 15.3. The Hall–Kier alpha value is -1.31. The minimum Gasteiger partial charge on any atom is -0.342 e. The molecule has 1 aromatic carbocycles. The summed E-state index contributed by atoms with van der Waals surface area (Å²) in [7, 11) is 0. The maximum absolute atomic E-state index is 13.2. The molecule has 108 valence electrons. The van der Waals surface area contributed by atoms with E-state index in [-0.39, 0.29) is 5.41 Å². The summed E-state index contributed by atoms with van der Waals surface area (Å²) < 4.78 is 0. The Kier molecular flexibility index (Phi) is 3.82. The van der Waals surface area contributed by atoms with Crippen molar-refractivity contribution in [2.45, 2.75) is 50.9 Å². The molecular formula is C18H25NO. The van der Waals surface area contributed by atoms with Crippen LogP contribution in [-0.2, 0) is 10.2 Å². The molecule has 0 unspecified atom stereocenters. The van der Waals surface area contributed by atoms with E-state index in [0.29, 0.717) is 11.8 Å².